The molecule has 1 aliphatic heterocycles. The molecule has 0 N–H and O–H groups in total. The highest BCUT2D eigenvalue weighted by molar-refractivity contribution is 6.15. The zero-order chi connectivity index (χ0) is 21.3. The SMILES string of the molecule is COc1ccc(/C=C2\Oc3cc(OC(=O)c4ccco4)cc(C)c3C2=O)cc1OC. The molecule has 0 amide bonds. The largest absolute Gasteiger partial charge is 0.493 e. The summed E-state index contributed by atoms with van der Waals surface area (Å²) in [5.74, 6) is 1.07. The molecule has 0 atom stereocenters. The number of esters is 1. The molecule has 0 radical (unpaired) electrons. The molecular weight excluding hydrogens is 388 g/mol. The molecule has 0 saturated heterocycles. The lowest BCUT2D eigenvalue weighted by molar-refractivity contribution is 0.0701. The standard InChI is InChI=1S/C23H18O7/c1-13-9-15(29-23(25)17-5-4-8-28-17)12-19-21(13)22(24)20(30-19)11-14-6-7-16(26-2)18(10-14)27-3/h4-12H,1-3H3/b20-11-. The number of rotatable bonds is 5. The minimum Gasteiger partial charge on any atom is -0.493 e. The van der Waals surface area contributed by atoms with Gasteiger partial charge >= 0.3 is 5.97 Å². The average molecular weight is 406 g/mol. The van der Waals surface area contributed by atoms with Crippen LogP contribution in [0.25, 0.3) is 6.08 Å². The maximum Gasteiger partial charge on any atom is 0.379 e. The maximum atomic E-state index is 12.8. The number of benzene rings is 2. The predicted octanol–water partition coefficient (Wildman–Crippen LogP) is 4.44. The molecule has 0 aliphatic carbocycles. The van der Waals surface area contributed by atoms with Crippen LogP contribution in [0.15, 0.2) is 58.9 Å². The van der Waals surface area contributed by atoms with Gasteiger partial charge in [-0.15, -0.1) is 0 Å². The number of ether oxygens (including phenoxy) is 4. The van der Waals surface area contributed by atoms with E-state index in [0.717, 1.165) is 0 Å². The average Bonchev–Trinajstić information content (AvgIpc) is 3.37. The normalized spacial score (nSPS) is 13.7. The van der Waals surface area contributed by atoms with Crippen molar-refractivity contribution in [1.29, 1.82) is 0 Å². The number of hydrogen-bond donors (Lipinski definition) is 0. The Hall–Kier alpha value is -4.00. The Morgan fingerprint density at radius 1 is 1.03 bits per heavy atom. The van der Waals surface area contributed by atoms with Gasteiger partial charge in [0.2, 0.25) is 11.5 Å². The van der Waals surface area contributed by atoms with Crippen LogP contribution in [0.3, 0.4) is 0 Å². The van der Waals surface area contributed by atoms with Gasteiger partial charge < -0.3 is 23.4 Å². The lowest BCUT2D eigenvalue weighted by Crippen LogP contribution is -2.07. The number of allylic oxidation sites excluding steroid dienone is 1. The third-order valence-electron chi connectivity index (χ3n) is 4.58. The van der Waals surface area contributed by atoms with Gasteiger partial charge in [-0.25, -0.2) is 4.79 Å². The molecule has 0 spiro atoms. The number of carbonyl (C=O) groups is 2. The summed E-state index contributed by atoms with van der Waals surface area (Å²) in [6.45, 7) is 1.75. The van der Waals surface area contributed by atoms with Crippen molar-refractivity contribution in [1.82, 2.24) is 0 Å². The number of ketones is 1. The van der Waals surface area contributed by atoms with E-state index in [0.29, 0.717) is 33.9 Å². The molecule has 7 heteroatoms. The fourth-order valence-corrected chi connectivity index (χ4v) is 3.18. The maximum absolute atomic E-state index is 12.8. The van der Waals surface area contributed by atoms with Gasteiger partial charge in [0.25, 0.3) is 0 Å². The summed E-state index contributed by atoms with van der Waals surface area (Å²) in [5, 5.41) is 0. The molecule has 0 unspecified atom stereocenters. The van der Waals surface area contributed by atoms with Crippen molar-refractivity contribution in [3.8, 4) is 23.0 Å². The third-order valence-corrected chi connectivity index (χ3v) is 4.58. The first-order valence-corrected chi connectivity index (χ1v) is 9.06. The zero-order valence-corrected chi connectivity index (χ0v) is 16.6. The fraction of sp³-hybridized carbons (Fsp3) is 0.130. The van der Waals surface area contributed by atoms with Crippen LogP contribution in [-0.4, -0.2) is 26.0 Å². The lowest BCUT2D eigenvalue weighted by atomic mass is 10.0. The zero-order valence-electron chi connectivity index (χ0n) is 16.6. The Morgan fingerprint density at radius 3 is 2.53 bits per heavy atom. The van der Waals surface area contributed by atoms with Gasteiger partial charge in [-0.05, 0) is 54.5 Å². The Kier molecular flexibility index (Phi) is 5.02. The van der Waals surface area contributed by atoms with Crippen molar-refractivity contribution < 1.29 is 33.0 Å². The molecule has 3 aromatic rings. The molecule has 4 rings (SSSR count). The Morgan fingerprint density at radius 2 is 1.83 bits per heavy atom. The van der Waals surface area contributed by atoms with Crippen LogP contribution in [0.2, 0.25) is 0 Å². The van der Waals surface area contributed by atoms with E-state index in [1.54, 1.807) is 50.4 Å². The first-order valence-electron chi connectivity index (χ1n) is 9.06. The van der Waals surface area contributed by atoms with E-state index in [-0.39, 0.29) is 23.1 Å². The summed E-state index contributed by atoms with van der Waals surface area (Å²) in [7, 11) is 3.09. The summed E-state index contributed by atoms with van der Waals surface area (Å²) >= 11 is 0. The highest BCUT2D eigenvalue weighted by atomic mass is 16.5. The summed E-state index contributed by atoms with van der Waals surface area (Å²) in [6, 6.07) is 11.5. The van der Waals surface area contributed by atoms with Crippen LogP contribution in [-0.2, 0) is 0 Å². The van der Waals surface area contributed by atoms with E-state index in [1.165, 1.54) is 25.5 Å². The van der Waals surface area contributed by atoms with Crippen LogP contribution < -0.4 is 18.9 Å². The highest BCUT2D eigenvalue weighted by Gasteiger charge is 2.30. The van der Waals surface area contributed by atoms with Gasteiger partial charge in [0, 0.05) is 6.07 Å². The van der Waals surface area contributed by atoms with Crippen molar-refractivity contribution >= 4 is 17.8 Å². The monoisotopic (exact) mass is 406 g/mol. The Balaban J connectivity index is 1.62. The summed E-state index contributed by atoms with van der Waals surface area (Å²) < 4.78 is 26.7. The minimum atomic E-state index is -0.634. The van der Waals surface area contributed by atoms with E-state index >= 15 is 0 Å². The predicted molar refractivity (Wildman–Crippen MR) is 107 cm³/mol. The number of fused-ring (bicyclic) bond motifs is 1. The molecule has 30 heavy (non-hydrogen) atoms. The quantitative estimate of drug-likeness (QED) is 0.352. The number of hydrogen-bond acceptors (Lipinski definition) is 7. The van der Waals surface area contributed by atoms with Gasteiger partial charge in [-0.3, -0.25) is 4.79 Å². The topological polar surface area (TPSA) is 84.2 Å². The number of furan rings is 1. The first-order chi connectivity index (χ1) is 14.5. The lowest BCUT2D eigenvalue weighted by Gasteiger charge is -2.08. The van der Waals surface area contributed by atoms with Gasteiger partial charge in [-0.2, -0.15) is 0 Å². The third kappa shape index (κ3) is 3.53. The molecule has 152 valence electrons. The number of Topliss-reactive ketones (excluding diaryl/α,β-unsaturated/α-hetero) is 1. The highest BCUT2D eigenvalue weighted by Crippen LogP contribution is 2.38. The van der Waals surface area contributed by atoms with Gasteiger partial charge in [-0.1, -0.05) is 6.07 Å². The van der Waals surface area contributed by atoms with E-state index in [2.05, 4.69) is 0 Å². The van der Waals surface area contributed by atoms with Gasteiger partial charge in [0.15, 0.2) is 17.3 Å². The Bertz CT molecular complexity index is 1160. The first kappa shape index (κ1) is 19.3. The molecule has 1 aliphatic rings. The van der Waals surface area contributed by atoms with Crippen molar-refractivity contribution in [3.63, 3.8) is 0 Å². The number of aryl methyl sites for hydroxylation is 1. The van der Waals surface area contributed by atoms with Crippen molar-refractivity contribution in [2.24, 2.45) is 0 Å². The van der Waals surface area contributed by atoms with Crippen molar-refractivity contribution in [2.75, 3.05) is 14.2 Å². The second-order valence-corrected chi connectivity index (χ2v) is 6.53. The van der Waals surface area contributed by atoms with Gasteiger partial charge in [0.1, 0.15) is 11.5 Å². The second kappa shape index (κ2) is 7.79. The summed E-state index contributed by atoms with van der Waals surface area (Å²) in [4.78, 5) is 25.0. The van der Waals surface area contributed by atoms with Crippen molar-refractivity contribution in [2.45, 2.75) is 6.92 Å². The molecule has 7 nitrogen and oxygen atoms in total. The van der Waals surface area contributed by atoms with Crippen LogP contribution in [0.1, 0.15) is 32.0 Å². The fourth-order valence-electron chi connectivity index (χ4n) is 3.18. The van der Waals surface area contributed by atoms with Crippen LogP contribution >= 0.6 is 0 Å². The van der Waals surface area contributed by atoms with Crippen molar-refractivity contribution in [3.05, 3.63) is 76.9 Å². The van der Waals surface area contributed by atoms with Crippen LogP contribution in [0, 0.1) is 6.92 Å². The Labute approximate surface area is 172 Å². The number of carbonyl (C=O) groups excluding carboxylic acids is 2. The van der Waals surface area contributed by atoms with E-state index in [1.807, 2.05) is 0 Å². The minimum absolute atomic E-state index is 0.0826. The summed E-state index contributed by atoms with van der Waals surface area (Å²) in [5.41, 5.74) is 1.78. The second-order valence-electron chi connectivity index (χ2n) is 6.53. The molecule has 2 aromatic carbocycles. The molecular formula is C23H18O7. The molecule has 2 heterocycles. The molecule has 0 saturated carbocycles. The van der Waals surface area contributed by atoms with E-state index < -0.39 is 5.97 Å². The van der Waals surface area contributed by atoms with E-state index in [9.17, 15) is 9.59 Å². The van der Waals surface area contributed by atoms with Crippen LogP contribution in [0.4, 0.5) is 0 Å². The number of methoxy groups -OCH3 is 2. The van der Waals surface area contributed by atoms with Gasteiger partial charge in [0.05, 0.1) is 26.0 Å². The smallest absolute Gasteiger partial charge is 0.379 e. The molecule has 0 bridgehead atoms. The van der Waals surface area contributed by atoms with Crippen LogP contribution in [0.5, 0.6) is 23.0 Å². The summed E-state index contributed by atoms with van der Waals surface area (Å²) in [6.07, 6.45) is 3.01. The van der Waals surface area contributed by atoms with E-state index in [4.69, 9.17) is 23.4 Å². The molecule has 0 fully saturated rings. The molecule has 1 aromatic heterocycles.